The number of halogens is 2. The molecule has 1 radical (unpaired) electrons. The van der Waals surface area contributed by atoms with Crippen LogP contribution in [0.5, 0.6) is 0 Å². The number of carbonyl (C=O) groups is 2. The summed E-state index contributed by atoms with van der Waals surface area (Å²) >= 11 is -0.826. The molecule has 0 saturated heterocycles. The van der Waals surface area contributed by atoms with Gasteiger partial charge in [-0.05, 0) is 58.8 Å². The Morgan fingerprint density at radius 1 is 0.589 bits per heavy atom. The molecule has 0 aromatic heterocycles. The molecule has 6 aromatic rings. The SMILES string of the molecule is CCC(C)c1cc2c(-c3ccccc3CC(C)C)cccc2[cH-]1.CCC(C)c1cc2c(-c3ccccc3CC(C)C)cccc2[cH-]1.O=CN[B]NC=O.[Cl][Zr+2][Cl]. The first-order valence-electron chi connectivity index (χ1n) is 19.8. The average molecular weight is 868 g/mol. The van der Waals surface area contributed by atoms with Crippen molar-refractivity contribution in [3.05, 3.63) is 131 Å². The second-order valence-corrected chi connectivity index (χ2v) is 18.8. The molecule has 0 aliphatic rings. The van der Waals surface area contributed by atoms with E-state index in [1.165, 1.54) is 78.9 Å². The standard InChI is InChI=1S/2C23H27.C2H4BN2O2.2ClH.Zr/c2*1-5-17(4)20-14-19-10-8-12-22(23(19)15-20)21-11-7-6-9-18(21)13-16(2)3;6-1-4-3-5-2-7;;;/h2*6-12,14-17H,5,13H2,1-4H3;1-2H,(H,4,6)(H,5,7);2*1H;/q2*-1;;;;+4/p-2. The van der Waals surface area contributed by atoms with Crippen LogP contribution in [0.2, 0.25) is 0 Å². The fourth-order valence-electron chi connectivity index (χ4n) is 6.94. The summed E-state index contributed by atoms with van der Waals surface area (Å²) in [5.74, 6) is 2.60. The molecule has 8 heteroatoms. The van der Waals surface area contributed by atoms with Crippen LogP contribution in [0.3, 0.4) is 0 Å². The van der Waals surface area contributed by atoms with Gasteiger partial charge < -0.3 is 10.5 Å². The van der Waals surface area contributed by atoms with E-state index in [-0.39, 0.29) is 0 Å². The van der Waals surface area contributed by atoms with E-state index in [2.05, 4.69) is 175 Å². The van der Waals surface area contributed by atoms with Gasteiger partial charge in [0.15, 0.2) is 12.8 Å². The quantitative estimate of drug-likeness (QED) is 0.0496. The molecule has 2 N–H and O–H groups in total. The van der Waals surface area contributed by atoms with Crippen LogP contribution in [0.4, 0.5) is 0 Å². The molecular weight excluding hydrogens is 809 g/mol. The minimum absolute atomic E-state index is 0.455. The van der Waals surface area contributed by atoms with Crippen LogP contribution < -0.4 is 10.5 Å². The summed E-state index contributed by atoms with van der Waals surface area (Å²) in [6.45, 7) is 18.3. The van der Waals surface area contributed by atoms with Crippen LogP contribution in [0.25, 0.3) is 43.8 Å². The zero-order valence-corrected chi connectivity index (χ0v) is 38.3. The summed E-state index contributed by atoms with van der Waals surface area (Å²) in [4.78, 5) is 18.8. The molecule has 293 valence electrons. The molecule has 6 aromatic carbocycles. The van der Waals surface area contributed by atoms with E-state index < -0.39 is 20.8 Å². The fraction of sp³-hybridized carbons (Fsp3) is 0.333. The van der Waals surface area contributed by atoms with Crippen molar-refractivity contribution in [2.45, 2.75) is 92.9 Å². The molecule has 0 fully saturated rings. The number of hydrogen-bond donors (Lipinski definition) is 2. The van der Waals surface area contributed by atoms with E-state index >= 15 is 0 Å². The summed E-state index contributed by atoms with van der Waals surface area (Å²) in [7, 11) is 11.0. The normalized spacial score (nSPS) is 11.6. The molecule has 0 saturated carbocycles. The maximum absolute atomic E-state index is 9.38. The Morgan fingerprint density at radius 3 is 1.29 bits per heavy atom. The third kappa shape index (κ3) is 13.9. The molecule has 0 bridgehead atoms. The Morgan fingerprint density at radius 2 is 0.946 bits per heavy atom. The molecule has 2 atom stereocenters. The molecule has 56 heavy (non-hydrogen) atoms. The van der Waals surface area contributed by atoms with Crippen LogP contribution in [0, 0.1) is 11.8 Å². The Labute approximate surface area is 355 Å². The summed E-state index contributed by atoms with van der Waals surface area (Å²) < 4.78 is 0. The number of nitrogens with one attached hydrogen (secondary N) is 2. The van der Waals surface area contributed by atoms with Gasteiger partial charge in [-0.1, -0.05) is 140 Å². The second kappa shape index (κ2) is 25.0. The Balaban J connectivity index is 0.000000243. The van der Waals surface area contributed by atoms with Crippen molar-refractivity contribution in [3.8, 4) is 22.3 Å². The van der Waals surface area contributed by atoms with Crippen molar-refractivity contribution in [1.82, 2.24) is 10.5 Å². The Hall–Kier alpha value is -3.43. The predicted octanol–water partition coefficient (Wildman–Crippen LogP) is 13.3. The number of rotatable bonds is 14. The van der Waals surface area contributed by atoms with Gasteiger partial charge in [0, 0.05) is 0 Å². The molecule has 4 nitrogen and oxygen atoms in total. The number of fused-ring (bicyclic) bond motifs is 2. The first kappa shape index (κ1) is 46.9. The second-order valence-electron chi connectivity index (χ2n) is 15.1. The number of benzene rings is 4. The van der Waals surface area contributed by atoms with Crippen molar-refractivity contribution in [3.63, 3.8) is 0 Å². The monoisotopic (exact) mass is 865 g/mol. The molecule has 0 spiro atoms. The maximum atomic E-state index is 9.38. The van der Waals surface area contributed by atoms with Crippen molar-refractivity contribution in [2.24, 2.45) is 11.8 Å². The number of amides is 2. The van der Waals surface area contributed by atoms with E-state index in [4.69, 9.17) is 17.0 Å². The first-order chi connectivity index (χ1) is 27.0. The number of carbonyl (C=O) groups excluding carboxylic acids is 2. The molecule has 0 heterocycles. The van der Waals surface area contributed by atoms with E-state index in [0.717, 1.165) is 20.4 Å². The Kier molecular flexibility index (Phi) is 21.0. The van der Waals surface area contributed by atoms with Gasteiger partial charge in [0.25, 0.3) is 0 Å². The van der Waals surface area contributed by atoms with Gasteiger partial charge in [-0.2, -0.15) is 12.1 Å². The van der Waals surface area contributed by atoms with Crippen molar-refractivity contribution in [2.75, 3.05) is 0 Å². The summed E-state index contributed by atoms with van der Waals surface area (Å²) in [6.07, 6.45) is 5.55. The summed E-state index contributed by atoms with van der Waals surface area (Å²) in [5.41, 5.74) is 11.4. The van der Waals surface area contributed by atoms with Gasteiger partial charge in [0.1, 0.15) is 0 Å². The summed E-state index contributed by atoms with van der Waals surface area (Å²) in [6, 6.07) is 40.8. The van der Waals surface area contributed by atoms with E-state index in [9.17, 15) is 9.59 Å². The Bertz CT molecular complexity index is 1930. The number of hydrogen-bond acceptors (Lipinski definition) is 2. The predicted molar refractivity (Wildman–Crippen MR) is 240 cm³/mol. The van der Waals surface area contributed by atoms with Gasteiger partial charge in [-0.3, -0.25) is 9.59 Å². The third-order valence-electron chi connectivity index (χ3n) is 10.1. The zero-order chi connectivity index (χ0) is 41.0. The van der Waals surface area contributed by atoms with Gasteiger partial charge in [0.2, 0.25) is 0 Å². The van der Waals surface area contributed by atoms with E-state index in [0.29, 0.717) is 36.5 Å². The van der Waals surface area contributed by atoms with E-state index in [1.54, 1.807) is 0 Å². The fourth-order valence-corrected chi connectivity index (χ4v) is 6.94. The van der Waals surface area contributed by atoms with Gasteiger partial charge in [0.05, 0.1) is 0 Å². The molecule has 2 unspecified atom stereocenters. The third-order valence-corrected chi connectivity index (χ3v) is 10.1. The van der Waals surface area contributed by atoms with Gasteiger partial charge in [-0.25, -0.2) is 0 Å². The van der Waals surface area contributed by atoms with Crippen LogP contribution in [-0.4, -0.2) is 20.4 Å². The molecule has 6 rings (SSSR count). The first-order valence-corrected chi connectivity index (χ1v) is 26.1. The summed E-state index contributed by atoms with van der Waals surface area (Å²) in [5, 5.41) is 9.75. The van der Waals surface area contributed by atoms with Gasteiger partial charge >= 0.3 is 45.4 Å². The average Bonchev–Trinajstić information content (AvgIpc) is 3.84. The van der Waals surface area contributed by atoms with Crippen LogP contribution in [0.1, 0.15) is 102 Å². The van der Waals surface area contributed by atoms with E-state index in [1.807, 2.05) is 0 Å². The van der Waals surface area contributed by atoms with Crippen molar-refractivity contribution in [1.29, 1.82) is 0 Å². The van der Waals surface area contributed by atoms with Crippen LogP contribution in [-0.2, 0) is 43.3 Å². The zero-order valence-electron chi connectivity index (χ0n) is 34.3. The molecule has 0 aliphatic heterocycles. The molecule has 0 aliphatic carbocycles. The topological polar surface area (TPSA) is 58.2 Å². The molecule has 2 amide bonds. The van der Waals surface area contributed by atoms with Crippen LogP contribution >= 0.6 is 17.0 Å². The van der Waals surface area contributed by atoms with Gasteiger partial charge in [-0.15, -0.1) is 69.1 Å². The molecular formula is C48H58BCl2N2O2Zr. The van der Waals surface area contributed by atoms with Crippen molar-refractivity contribution >= 4 is 58.9 Å². The van der Waals surface area contributed by atoms with Crippen LogP contribution in [0.15, 0.2) is 109 Å². The van der Waals surface area contributed by atoms with Crippen molar-refractivity contribution < 1.29 is 30.4 Å². The minimum atomic E-state index is -0.826.